The van der Waals surface area contributed by atoms with Gasteiger partial charge >= 0.3 is 6.18 Å². The lowest BCUT2D eigenvalue weighted by molar-refractivity contribution is -0.138. The fraction of sp³-hybridized carbons (Fsp3) is 0.500. The first-order chi connectivity index (χ1) is 19.1. The predicted octanol–water partition coefficient (Wildman–Crippen LogP) is 5.76. The molecule has 40 heavy (non-hydrogen) atoms. The molecule has 3 aromatic rings. The maximum absolute atomic E-state index is 14.4. The number of rotatable bonds is 8. The molecule has 2 aromatic carbocycles. The van der Waals surface area contributed by atoms with E-state index in [9.17, 15) is 18.0 Å². The van der Waals surface area contributed by atoms with Crippen molar-refractivity contribution < 1.29 is 22.7 Å². The predicted molar refractivity (Wildman–Crippen MR) is 144 cm³/mol. The molecule has 1 N–H and O–H groups in total. The molecule has 3 heterocycles. The molecule has 1 aromatic heterocycles. The molecule has 2 fully saturated rings. The molecule has 6 rings (SSSR count). The number of aromatic nitrogens is 3. The summed E-state index contributed by atoms with van der Waals surface area (Å²) in [6, 6.07) is 10.1. The Kier molecular flexibility index (Phi) is 6.73. The largest absolute Gasteiger partial charge is 0.416 e. The SMILES string of the molecule is CCC(NC1(C)CCC1)c1cc2c(c(C(F)(F)F)c1)CN(c1cccc(C(c3nncn3C)C3COC3)c1)C2=O. The fourth-order valence-electron chi connectivity index (χ4n) is 6.32. The monoisotopic (exact) mass is 553 g/mol. The second kappa shape index (κ2) is 9.99. The molecule has 0 bridgehead atoms. The van der Waals surface area contributed by atoms with E-state index in [2.05, 4.69) is 22.4 Å². The van der Waals surface area contributed by atoms with Crippen LogP contribution in [0.1, 0.15) is 89.9 Å². The lowest BCUT2D eigenvalue weighted by Gasteiger charge is -2.42. The fourth-order valence-corrected chi connectivity index (χ4v) is 6.32. The lowest BCUT2D eigenvalue weighted by atomic mass is 9.77. The van der Waals surface area contributed by atoms with Gasteiger partial charge in [-0.3, -0.25) is 4.79 Å². The number of ether oxygens (including phenoxy) is 1. The van der Waals surface area contributed by atoms with Gasteiger partial charge in [-0.05, 0) is 73.6 Å². The van der Waals surface area contributed by atoms with Gasteiger partial charge in [0.1, 0.15) is 12.2 Å². The van der Waals surface area contributed by atoms with Crippen molar-refractivity contribution in [3.05, 3.63) is 76.4 Å². The van der Waals surface area contributed by atoms with Crippen molar-refractivity contribution >= 4 is 11.6 Å². The van der Waals surface area contributed by atoms with Gasteiger partial charge in [0, 0.05) is 35.8 Å². The van der Waals surface area contributed by atoms with Crippen molar-refractivity contribution in [3.8, 4) is 0 Å². The molecule has 7 nitrogen and oxygen atoms in total. The van der Waals surface area contributed by atoms with Crippen LogP contribution >= 0.6 is 0 Å². The molecule has 1 saturated heterocycles. The minimum Gasteiger partial charge on any atom is -0.381 e. The van der Waals surface area contributed by atoms with Crippen LogP contribution in [-0.2, 0) is 24.5 Å². The third kappa shape index (κ3) is 4.71. The molecule has 1 aliphatic carbocycles. The molecule has 1 amide bonds. The zero-order valence-corrected chi connectivity index (χ0v) is 23.0. The minimum absolute atomic E-state index is 0.0357. The van der Waals surface area contributed by atoms with Gasteiger partial charge in [-0.15, -0.1) is 10.2 Å². The summed E-state index contributed by atoms with van der Waals surface area (Å²) in [6.07, 6.45) is 0.789. The Morgan fingerprint density at radius 2 is 1.95 bits per heavy atom. The van der Waals surface area contributed by atoms with Crippen LogP contribution in [0.25, 0.3) is 0 Å². The number of aryl methyl sites for hydroxylation is 1. The maximum atomic E-state index is 14.4. The highest BCUT2D eigenvalue weighted by molar-refractivity contribution is 6.10. The molecule has 2 unspecified atom stereocenters. The molecule has 10 heteroatoms. The lowest BCUT2D eigenvalue weighted by Crippen LogP contribution is -2.49. The maximum Gasteiger partial charge on any atom is 0.416 e. The molecule has 1 saturated carbocycles. The Morgan fingerprint density at radius 3 is 2.52 bits per heavy atom. The van der Waals surface area contributed by atoms with Crippen LogP contribution in [0.5, 0.6) is 0 Å². The molecule has 212 valence electrons. The number of nitrogens with zero attached hydrogens (tertiary/aromatic N) is 4. The molecule has 2 aliphatic heterocycles. The first-order valence-corrected chi connectivity index (χ1v) is 13.9. The van der Waals surface area contributed by atoms with E-state index in [-0.39, 0.29) is 41.1 Å². The van der Waals surface area contributed by atoms with Crippen molar-refractivity contribution in [1.29, 1.82) is 0 Å². The number of carbonyl (C=O) groups is 1. The standard InChI is InChI=1S/C30H34F3N5O2/c1-4-25(35-29(2)9-6-10-29)19-12-22-23(24(13-19)30(31,32)33)14-38(28(22)39)21-8-5-7-18(11-21)26(20-15-40-16-20)27-36-34-17-37(27)3/h5,7-8,11-13,17,20,25-26,35H,4,6,9-10,14-16H2,1-3H3. The Bertz CT molecular complexity index is 1430. The van der Waals surface area contributed by atoms with Crippen molar-refractivity contribution in [2.24, 2.45) is 13.0 Å². The quantitative estimate of drug-likeness (QED) is 0.384. The van der Waals surface area contributed by atoms with Crippen molar-refractivity contribution in [1.82, 2.24) is 20.1 Å². The van der Waals surface area contributed by atoms with E-state index in [4.69, 9.17) is 4.74 Å². The van der Waals surface area contributed by atoms with Gasteiger partial charge in [0.25, 0.3) is 5.91 Å². The first kappa shape index (κ1) is 27.0. The van der Waals surface area contributed by atoms with Crippen molar-refractivity contribution in [3.63, 3.8) is 0 Å². The number of anilines is 1. The number of alkyl halides is 3. The van der Waals surface area contributed by atoms with E-state index in [1.54, 1.807) is 18.5 Å². The zero-order valence-electron chi connectivity index (χ0n) is 23.0. The smallest absolute Gasteiger partial charge is 0.381 e. The van der Waals surface area contributed by atoms with E-state index in [1.165, 1.54) is 11.0 Å². The van der Waals surface area contributed by atoms with Crippen molar-refractivity contribution in [2.45, 2.75) is 69.8 Å². The van der Waals surface area contributed by atoms with Crippen LogP contribution in [0, 0.1) is 5.92 Å². The Hall–Kier alpha value is -3.24. The van der Waals surface area contributed by atoms with E-state index in [0.717, 1.165) is 30.7 Å². The third-order valence-corrected chi connectivity index (χ3v) is 8.86. The summed E-state index contributed by atoms with van der Waals surface area (Å²) in [5.74, 6) is 0.457. The van der Waals surface area contributed by atoms with Crippen LogP contribution in [0.3, 0.4) is 0 Å². The number of nitrogens with one attached hydrogen (secondary N) is 1. The van der Waals surface area contributed by atoms with Crippen molar-refractivity contribution in [2.75, 3.05) is 18.1 Å². The summed E-state index contributed by atoms with van der Waals surface area (Å²) >= 11 is 0. The summed E-state index contributed by atoms with van der Waals surface area (Å²) in [7, 11) is 1.88. The summed E-state index contributed by atoms with van der Waals surface area (Å²) in [6.45, 7) is 5.11. The molecular formula is C30H34F3N5O2. The van der Waals surface area contributed by atoms with Gasteiger partial charge in [-0.1, -0.05) is 19.1 Å². The third-order valence-electron chi connectivity index (χ3n) is 8.86. The average Bonchev–Trinajstić information content (AvgIpc) is 3.45. The normalized spacial score (nSPS) is 20.1. The van der Waals surface area contributed by atoms with E-state index >= 15 is 0 Å². The Balaban J connectivity index is 1.36. The summed E-state index contributed by atoms with van der Waals surface area (Å²) in [5.41, 5.74) is 1.35. The van der Waals surface area contributed by atoms with Gasteiger partial charge in [0.2, 0.25) is 0 Å². The summed E-state index contributed by atoms with van der Waals surface area (Å²) in [4.78, 5) is 15.2. The average molecular weight is 554 g/mol. The van der Waals surface area contributed by atoms with E-state index in [0.29, 0.717) is 30.9 Å². The minimum atomic E-state index is -4.57. The molecule has 2 atom stereocenters. The summed E-state index contributed by atoms with van der Waals surface area (Å²) in [5, 5.41) is 11.9. The van der Waals surface area contributed by atoms with Gasteiger partial charge in [0.05, 0.1) is 31.2 Å². The van der Waals surface area contributed by atoms with Crippen LogP contribution in [0.15, 0.2) is 42.7 Å². The first-order valence-electron chi connectivity index (χ1n) is 13.9. The summed E-state index contributed by atoms with van der Waals surface area (Å²) < 4.78 is 50.5. The van der Waals surface area contributed by atoms with Gasteiger partial charge < -0.3 is 19.5 Å². The highest BCUT2D eigenvalue weighted by Gasteiger charge is 2.42. The highest BCUT2D eigenvalue weighted by atomic mass is 19.4. The highest BCUT2D eigenvalue weighted by Crippen LogP contribution is 2.43. The number of halogens is 3. The van der Waals surface area contributed by atoms with E-state index < -0.39 is 17.6 Å². The van der Waals surface area contributed by atoms with E-state index in [1.807, 2.05) is 36.7 Å². The zero-order chi connectivity index (χ0) is 28.2. The number of amides is 1. The van der Waals surface area contributed by atoms with Gasteiger partial charge in [-0.25, -0.2) is 0 Å². The molecular weight excluding hydrogens is 519 g/mol. The van der Waals surface area contributed by atoms with Gasteiger partial charge in [0.15, 0.2) is 0 Å². The number of hydrogen-bond acceptors (Lipinski definition) is 5. The topological polar surface area (TPSA) is 72.3 Å². The Morgan fingerprint density at radius 1 is 1.18 bits per heavy atom. The second-order valence-corrected chi connectivity index (χ2v) is 11.7. The molecule has 3 aliphatic rings. The van der Waals surface area contributed by atoms with Crippen LogP contribution in [-0.4, -0.2) is 39.4 Å². The molecule has 0 spiro atoms. The second-order valence-electron chi connectivity index (χ2n) is 11.7. The number of hydrogen-bond donors (Lipinski definition) is 1. The van der Waals surface area contributed by atoms with Crippen LogP contribution in [0.2, 0.25) is 0 Å². The number of fused-ring (bicyclic) bond motifs is 1. The number of carbonyl (C=O) groups excluding carboxylic acids is 1. The van der Waals surface area contributed by atoms with Gasteiger partial charge in [-0.2, -0.15) is 13.2 Å². The Labute approximate surface area is 231 Å². The van der Waals surface area contributed by atoms with Crippen LogP contribution in [0.4, 0.5) is 18.9 Å². The number of benzene rings is 2. The molecule has 0 radical (unpaired) electrons. The van der Waals surface area contributed by atoms with Crippen LogP contribution < -0.4 is 10.2 Å².